The molecule has 4 rings (SSSR count). The van der Waals surface area contributed by atoms with Crippen LogP contribution in [0.15, 0.2) is 28.8 Å². The number of hydrogen-bond donors (Lipinski definition) is 0. The lowest BCUT2D eigenvalue weighted by Crippen LogP contribution is -2.05. The van der Waals surface area contributed by atoms with Crippen LogP contribution in [-0.4, -0.2) is 30.9 Å². The Balaban J connectivity index is 1.29. The molecule has 0 N–H and O–H groups in total. The van der Waals surface area contributed by atoms with Crippen LogP contribution in [0.2, 0.25) is 0 Å². The van der Waals surface area contributed by atoms with Crippen LogP contribution >= 0.6 is 0 Å². The third-order valence-electron chi connectivity index (χ3n) is 4.37. The molecule has 1 atom stereocenters. The highest BCUT2D eigenvalue weighted by atomic mass is 16.7. The van der Waals surface area contributed by atoms with E-state index in [0.717, 1.165) is 26.1 Å². The van der Waals surface area contributed by atoms with E-state index < -0.39 is 0 Å². The zero-order valence-corrected chi connectivity index (χ0v) is 13.7. The van der Waals surface area contributed by atoms with Crippen molar-refractivity contribution < 1.29 is 28.3 Å². The molecule has 1 saturated heterocycles. The average molecular weight is 345 g/mol. The zero-order chi connectivity index (χ0) is 17.1. The number of rotatable bonds is 7. The third-order valence-corrected chi connectivity index (χ3v) is 4.37. The molecule has 0 aliphatic carbocycles. The fraction of sp³-hybridized carbons (Fsp3) is 0.444. The number of aromatic nitrogens is 1. The van der Waals surface area contributed by atoms with E-state index in [2.05, 4.69) is 5.16 Å². The van der Waals surface area contributed by atoms with Gasteiger partial charge in [0, 0.05) is 31.8 Å². The smallest absolute Gasteiger partial charge is 0.231 e. The fourth-order valence-corrected chi connectivity index (χ4v) is 2.91. The lowest BCUT2D eigenvalue weighted by Gasteiger charge is -2.04. The van der Waals surface area contributed by atoms with Crippen LogP contribution in [0.4, 0.5) is 0 Å². The van der Waals surface area contributed by atoms with E-state index in [-0.39, 0.29) is 19.2 Å². The Labute approximate surface area is 144 Å². The molecular formula is C18H19NO6. The average Bonchev–Trinajstić information content (AvgIpc) is 3.39. The van der Waals surface area contributed by atoms with Crippen LogP contribution in [0.5, 0.6) is 17.2 Å². The number of nitrogens with zero attached hydrogens (tertiary/aromatic N) is 1. The van der Waals surface area contributed by atoms with E-state index in [1.165, 1.54) is 0 Å². The van der Waals surface area contributed by atoms with Gasteiger partial charge in [0.2, 0.25) is 6.79 Å². The molecule has 1 aromatic heterocycles. The molecule has 2 aliphatic heterocycles. The molecule has 3 heterocycles. The van der Waals surface area contributed by atoms with Gasteiger partial charge in [-0.15, -0.1) is 0 Å². The van der Waals surface area contributed by atoms with Crippen molar-refractivity contribution in [3.63, 3.8) is 0 Å². The number of fused-ring (bicyclic) bond motifs is 1. The quantitative estimate of drug-likeness (QED) is 0.714. The van der Waals surface area contributed by atoms with Gasteiger partial charge in [-0.05, 0) is 30.9 Å². The third kappa shape index (κ3) is 3.76. The predicted octanol–water partition coefficient (Wildman–Crippen LogP) is 2.98. The van der Waals surface area contributed by atoms with Gasteiger partial charge in [0.1, 0.15) is 18.1 Å². The summed E-state index contributed by atoms with van der Waals surface area (Å²) in [6, 6.07) is 6.98. The van der Waals surface area contributed by atoms with Crippen molar-refractivity contribution in [1.82, 2.24) is 5.16 Å². The molecule has 132 valence electrons. The van der Waals surface area contributed by atoms with Crippen molar-refractivity contribution in [1.29, 1.82) is 0 Å². The Morgan fingerprint density at radius 1 is 1.24 bits per heavy atom. The lowest BCUT2D eigenvalue weighted by molar-refractivity contribution is 0.0962. The second kappa shape index (κ2) is 7.14. The topological polar surface area (TPSA) is 80.0 Å². The second-order valence-corrected chi connectivity index (χ2v) is 6.17. The van der Waals surface area contributed by atoms with Gasteiger partial charge in [-0.3, -0.25) is 4.79 Å². The van der Waals surface area contributed by atoms with Gasteiger partial charge in [-0.25, -0.2) is 0 Å². The van der Waals surface area contributed by atoms with Crippen molar-refractivity contribution in [2.75, 3.05) is 20.0 Å². The summed E-state index contributed by atoms with van der Waals surface area (Å²) in [5.41, 5.74) is 0.350. The van der Waals surface area contributed by atoms with Crippen LogP contribution < -0.4 is 14.2 Å². The van der Waals surface area contributed by atoms with Crippen molar-refractivity contribution >= 4 is 5.78 Å². The van der Waals surface area contributed by atoms with Gasteiger partial charge in [0.05, 0.1) is 0 Å². The van der Waals surface area contributed by atoms with Gasteiger partial charge < -0.3 is 23.5 Å². The summed E-state index contributed by atoms with van der Waals surface area (Å²) in [6.07, 6.45) is 2.32. The minimum absolute atomic E-state index is 0.00928. The van der Waals surface area contributed by atoms with E-state index in [9.17, 15) is 4.79 Å². The summed E-state index contributed by atoms with van der Waals surface area (Å²) in [5.74, 6) is 2.96. The first-order valence-corrected chi connectivity index (χ1v) is 8.37. The molecule has 2 aliphatic rings. The first-order valence-electron chi connectivity index (χ1n) is 8.37. The maximum absolute atomic E-state index is 12.2. The van der Waals surface area contributed by atoms with Gasteiger partial charge >= 0.3 is 0 Å². The molecule has 1 fully saturated rings. The molecule has 25 heavy (non-hydrogen) atoms. The van der Waals surface area contributed by atoms with E-state index in [4.69, 9.17) is 23.5 Å². The maximum Gasteiger partial charge on any atom is 0.231 e. The molecule has 1 unspecified atom stereocenters. The van der Waals surface area contributed by atoms with Gasteiger partial charge in [-0.1, -0.05) is 5.16 Å². The molecule has 1 aromatic carbocycles. The van der Waals surface area contributed by atoms with Crippen LogP contribution in [0, 0.1) is 5.92 Å². The van der Waals surface area contributed by atoms with E-state index in [0.29, 0.717) is 41.0 Å². The molecule has 0 bridgehead atoms. The molecule has 0 spiro atoms. The first kappa shape index (κ1) is 16.0. The molecular weight excluding hydrogens is 326 g/mol. The molecule has 7 nitrogen and oxygen atoms in total. The molecule has 7 heteroatoms. The highest BCUT2D eigenvalue weighted by Crippen LogP contribution is 2.35. The number of carbonyl (C=O) groups excluding carboxylic acids is 1. The first-order chi connectivity index (χ1) is 12.3. The Kier molecular flexibility index (Phi) is 4.56. The molecule has 0 saturated carbocycles. The fourth-order valence-electron chi connectivity index (χ4n) is 2.91. The van der Waals surface area contributed by atoms with Crippen LogP contribution in [0.1, 0.15) is 35.5 Å². The Hall–Kier alpha value is -2.54. The van der Waals surface area contributed by atoms with E-state index >= 15 is 0 Å². The summed E-state index contributed by atoms with van der Waals surface area (Å²) in [7, 11) is 0. The zero-order valence-electron chi connectivity index (χ0n) is 13.7. The molecule has 0 amide bonds. The van der Waals surface area contributed by atoms with Gasteiger partial charge in [-0.2, -0.15) is 0 Å². The lowest BCUT2D eigenvalue weighted by atomic mass is 10.00. The van der Waals surface area contributed by atoms with Crippen LogP contribution in [0.25, 0.3) is 0 Å². The summed E-state index contributed by atoms with van der Waals surface area (Å²) in [4.78, 5) is 12.2. The number of benzene rings is 1. The van der Waals surface area contributed by atoms with E-state index in [1.807, 2.05) is 0 Å². The van der Waals surface area contributed by atoms with Crippen molar-refractivity contribution in [2.24, 2.45) is 5.92 Å². The summed E-state index contributed by atoms with van der Waals surface area (Å²) in [5, 5.41) is 3.85. The number of Topliss-reactive ketones (excluding diaryl/α,β-unsaturated/α-hetero) is 1. The Morgan fingerprint density at radius 2 is 2.16 bits per heavy atom. The highest BCUT2D eigenvalue weighted by Gasteiger charge is 2.19. The highest BCUT2D eigenvalue weighted by molar-refractivity contribution is 5.94. The summed E-state index contributed by atoms with van der Waals surface area (Å²) < 4.78 is 26.7. The molecule has 0 radical (unpaired) electrons. The summed E-state index contributed by atoms with van der Waals surface area (Å²) >= 11 is 0. The van der Waals surface area contributed by atoms with Crippen molar-refractivity contribution in [2.45, 2.75) is 25.9 Å². The predicted molar refractivity (Wildman–Crippen MR) is 85.9 cm³/mol. The van der Waals surface area contributed by atoms with Crippen LogP contribution in [-0.2, 0) is 11.3 Å². The standard InChI is InChI=1S/C18H19NO6/c20-16(3-1-12-5-6-21-9-12)15-7-14(25-19-15)10-22-13-2-4-17-18(8-13)24-11-23-17/h2,4,7-8,12H,1,3,5-6,9-11H2. The normalized spacial score (nSPS) is 18.5. The number of hydrogen-bond acceptors (Lipinski definition) is 7. The maximum atomic E-state index is 12.2. The SMILES string of the molecule is O=C(CCC1CCOC1)c1cc(COc2ccc3c(c2)OCO3)on1. The number of carbonyl (C=O) groups is 1. The summed E-state index contributed by atoms with van der Waals surface area (Å²) in [6.45, 7) is 1.96. The van der Waals surface area contributed by atoms with E-state index in [1.54, 1.807) is 24.3 Å². The molecule has 2 aromatic rings. The Bertz CT molecular complexity index is 750. The van der Waals surface area contributed by atoms with Gasteiger partial charge in [0.15, 0.2) is 23.0 Å². The minimum Gasteiger partial charge on any atom is -0.485 e. The number of ether oxygens (including phenoxy) is 4. The monoisotopic (exact) mass is 345 g/mol. The van der Waals surface area contributed by atoms with Gasteiger partial charge in [0.25, 0.3) is 0 Å². The van der Waals surface area contributed by atoms with Crippen molar-refractivity contribution in [3.8, 4) is 17.2 Å². The largest absolute Gasteiger partial charge is 0.485 e. The van der Waals surface area contributed by atoms with Crippen LogP contribution in [0.3, 0.4) is 0 Å². The minimum atomic E-state index is -0.00928. The Morgan fingerprint density at radius 3 is 3.04 bits per heavy atom. The van der Waals surface area contributed by atoms with Crippen molar-refractivity contribution in [3.05, 3.63) is 35.7 Å². The second-order valence-electron chi connectivity index (χ2n) is 6.17. The number of ketones is 1.